The molecule has 656 valence electrons. The van der Waals surface area contributed by atoms with E-state index in [-0.39, 0.29) is 40.5 Å². The highest BCUT2D eigenvalue weighted by Crippen LogP contribution is 2.67. The second-order valence-electron chi connectivity index (χ2n) is 44.2. The predicted molar refractivity (Wildman–Crippen MR) is 575 cm³/mol. The SMILES string of the molecule is CC(C)(C)c1cc(N2c3cc4c(cc3B3c5ccccc5Oc5cc(-c6cccc7c6C(c6ccccc6)(c6ccccc6)c6ccccc6-7)cc2c53)B2c3ccccc3N(c3cc(C(C)(C)C)cc(C(C)(C)C)c3)c3cc(-c5cccc6c5C5(c7ccccc7-c7ccccc75)c5ccccc5-6)cc(c32)N4c2c(-c3ccccc3)cc(C(C)(C)C)cc2-c2ccccc2)cc(C(C)(C)C)c1. The van der Waals surface area contributed by atoms with Crippen LogP contribution in [-0.2, 0) is 37.9 Å². The van der Waals surface area contributed by atoms with Gasteiger partial charge in [-0.3, -0.25) is 0 Å². The van der Waals surface area contributed by atoms with Gasteiger partial charge in [-0.05, 0) is 278 Å². The molecule has 0 amide bonds. The lowest BCUT2D eigenvalue weighted by Gasteiger charge is -2.47. The first-order valence-electron chi connectivity index (χ1n) is 48.8. The van der Waals surface area contributed by atoms with Crippen LogP contribution in [-0.4, -0.2) is 13.4 Å². The molecule has 0 saturated heterocycles. The van der Waals surface area contributed by atoms with E-state index in [9.17, 15) is 0 Å². The Hall–Kier alpha value is -14.7. The van der Waals surface area contributed by atoms with Crippen LogP contribution in [0.3, 0.4) is 0 Å². The molecular weight excluding hydrogens is 1640 g/mol. The van der Waals surface area contributed by atoms with Crippen LogP contribution < -0.4 is 52.2 Å². The van der Waals surface area contributed by atoms with Gasteiger partial charge in [0.2, 0.25) is 0 Å². The average molecular weight is 1750 g/mol. The third kappa shape index (κ3) is 12.2. The van der Waals surface area contributed by atoms with Gasteiger partial charge in [0.05, 0.1) is 16.5 Å². The maximum absolute atomic E-state index is 7.87. The predicted octanol–water partition coefficient (Wildman–Crippen LogP) is 30.0. The molecule has 18 aromatic carbocycles. The molecule has 0 bridgehead atoms. The highest BCUT2D eigenvalue weighted by molar-refractivity contribution is 7.02. The second kappa shape index (κ2) is 29.9. The molecule has 1 spiro atoms. The largest absolute Gasteiger partial charge is 0.458 e. The van der Waals surface area contributed by atoms with E-state index in [1.165, 1.54) is 133 Å². The Labute approximate surface area is 802 Å². The van der Waals surface area contributed by atoms with Crippen molar-refractivity contribution in [1.29, 1.82) is 0 Å². The Morgan fingerprint density at radius 2 is 0.551 bits per heavy atom. The fourth-order valence-corrected chi connectivity index (χ4v) is 24.6. The van der Waals surface area contributed by atoms with Crippen LogP contribution in [0.25, 0.3) is 77.9 Å². The summed E-state index contributed by atoms with van der Waals surface area (Å²) in [6, 6.07) is 151. The lowest BCUT2D eigenvalue weighted by atomic mass is 9.30. The number of nitrogens with zero attached hydrogens (tertiary/aromatic N) is 3. The zero-order chi connectivity index (χ0) is 92.8. The number of para-hydroxylation sites is 2. The van der Waals surface area contributed by atoms with Crippen molar-refractivity contribution in [3.05, 3.63) is 461 Å². The van der Waals surface area contributed by atoms with E-state index in [0.717, 1.165) is 113 Å². The van der Waals surface area contributed by atoms with Crippen LogP contribution >= 0.6 is 0 Å². The van der Waals surface area contributed by atoms with Crippen LogP contribution in [0.5, 0.6) is 11.5 Å². The van der Waals surface area contributed by atoms with Gasteiger partial charge in [0.25, 0.3) is 13.4 Å². The van der Waals surface area contributed by atoms with Crippen molar-refractivity contribution in [1.82, 2.24) is 0 Å². The summed E-state index contributed by atoms with van der Waals surface area (Å²) in [5.74, 6) is 1.70. The third-order valence-electron chi connectivity index (χ3n) is 31.1. The van der Waals surface area contributed by atoms with Crippen molar-refractivity contribution in [3.63, 3.8) is 0 Å². The van der Waals surface area contributed by atoms with Gasteiger partial charge >= 0.3 is 0 Å². The van der Waals surface area contributed by atoms with Gasteiger partial charge in [0.15, 0.2) is 0 Å². The number of benzene rings is 18. The van der Waals surface area contributed by atoms with Gasteiger partial charge in [-0.25, -0.2) is 0 Å². The number of rotatable bonds is 9. The Kier molecular flexibility index (Phi) is 18.3. The number of ether oxygens (including phenoxy) is 1. The van der Waals surface area contributed by atoms with Gasteiger partial charge in [-0.15, -0.1) is 0 Å². The van der Waals surface area contributed by atoms with Gasteiger partial charge in [-0.2, -0.15) is 0 Å². The molecule has 0 fully saturated rings. The minimum Gasteiger partial charge on any atom is -0.458 e. The van der Waals surface area contributed by atoms with Gasteiger partial charge in [0, 0.05) is 56.6 Å². The highest BCUT2D eigenvalue weighted by atomic mass is 16.5. The van der Waals surface area contributed by atoms with E-state index in [0.29, 0.717) is 0 Å². The van der Waals surface area contributed by atoms with E-state index in [4.69, 9.17) is 4.74 Å². The molecule has 4 aliphatic heterocycles. The summed E-state index contributed by atoms with van der Waals surface area (Å²) in [6.45, 7) is 35.2. The van der Waals surface area contributed by atoms with Gasteiger partial charge < -0.3 is 19.4 Å². The maximum Gasteiger partial charge on any atom is 0.256 e. The zero-order valence-corrected chi connectivity index (χ0v) is 80.4. The quantitative estimate of drug-likeness (QED) is 0.134. The maximum atomic E-state index is 7.87. The van der Waals surface area contributed by atoms with Crippen molar-refractivity contribution < 1.29 is 4.74 Å². The molecule has 7 aliphatic rings. The highest BCUT2D eigenvalue weighted by Gasteiger charge is 2.56. The molecule has 0 unspecified atom stereocenters. The minimum absolute atomic E-state index is 0.212. The summed E-state index contributed by atoms with van der Waals surface area (Å²) in [7, 11) is 0. The van der Waals surface area contributed by atoms with Crippen LogP contribution in [0, 0.1) is 0 Å². The Morgan fingerprint density at radius 1 is 0.213 bits per heavy atom. The van der Waals surface area contributed by atoms with E-state index in [1.54, 1.807) is 0 Å². The molecular formula is C130H109B2N3O. The zero-order valence-electron chi connectivity index (χ0n) is 80.4. The van der Waals surface area contributed by atoms with E-state index < -0.39 is 10.8 Å². The van der Waals surface area contributed by atoms with Gasteiger partial charge in [0.1, 0.15) is 11.5 Å². The smallest absolute Gasteiger partial charge is 0.256 e. The fraction of sp³-hybridized carbons (Fsp3) is 0.169. The minimum atomic E-state index is -0.717. The Bertz CT molecular complexity index is 7820. The lowest BCUT2D eigenvalue weighted by Crippen LogP contribution is -2.64. The van der Waals surface area contributed by atoms with Crippen molar-refractivity contribution in [2.45, 2.75) is 142 Å². The molecule has 0 saturated carbocycles. The van der Waals surface area contributed by atoms with Crippen molar-refractivity contribution >= 4 is 97.4 Å². The average Bonchev–Trinajstić information content (AvgIpc) is 1.50. The molecule has 25 rings (SSSR count). The number of hydrogen-bond donors (Lipinski definition) is 0. The Morgan fingerprint density at radius 3 is 1.02 bits per heavy atom. The van der Waals surface area contributed by atoms with Crippen LogP contribution in [0.1, 0.15) is 176 Å². The number of fused-ring (bicyclic) bond motifs is 21. The van der Waals surface area contributed by atoms with Crippen LogP contribution in [0.15, 0.2) is 388 Å². The molecule has 4 nitrogen and oxygen atoms in total. The summed E-state index contributed by atoms with van der Waals surface area (Å²) >= 11 is 0. The van der Waals surface area contributed by atoms with Crippen molar-refractivity contribution in [2.24, 2.45) is 0 Å². The summed E-state index contributed by atoms with van der Waals surface area (Å²) in [6.07, 6.45) is 0. The summed E-state index contributed by atoms with van der Waals surface area (Å²) in [5.41, 5.74) is 47.8. The standard InChI is InChI=1S/C130H109B2N3O/c1-124(2,3)86-70-87(125(4,5)6)73-91(72-86)133-111-64-38-36-62-107(111)131-110-78-109-112(134(92-74-88(126(7,8)9)71-89(75-92)127(10,11)12)116-68-83(69-118-122(116)132(109)108-63-37-39-65-117(108)136-118)94-55-41-56-99-97-52-30-32-58-103(97)129(119(94)99,84-46-24-18-25-47-84)85-48-26-19-27-49-85)79-113(110)135(123-101(80-42-20-16-21-43-80)76-90(128(13,14)15)77-102(123)81-44-22-17-23-45-81)115-67-82(66-114(133)121(115)131)93-54-40-57-100-98-53-31-35-61-106(98)130(120(93)100)104-59-33-28-50-95(104)96-51-29-34-60-105(96)130/h16-79H,1-15H3. The first kappa shape index (κ1) is 83.1. The second-order valence-corrected chi connectivity index (χ2v) is 44.2. The Balaban J connectivity index is 0.860. The first-order chi connectivity index (χ1) is 65.6. The monoisotopic (exact) mass is 1750 g/mol. The van der Waals surface area contributed by atoms with Crippen molar-refractivity contribution in [2.75, 3.05) is 14.7 Å². The fourth-order valence-electron chi connectivity index (χ4n) is 24.6. The molecule has 6 heteroatoms. The summed E-state index contributed by atoms with van der Waals surface area (Å²) < 4.78 is 7.87. The molecule has 4 heterocycles. The molecule has 0 atom stereocenters. The van der Waals surface area contributed by atoms with Gasteiger partial charge in [-0.1, -0.05) is 413 Å². The lowest BCUT2D eigenvalue weighted by molar-refractivity contribution is 0.487. The summed E-state index contributed by atoms with van der Waals surface area (Å²) in [4.78, 5) is 8.26. The number of anilines is 9. The van der Waals surface area contributed by atoms with Crippen molar-refractivity contribution in [3.8, 4) is 89.4 Å². The van der Waals surface area contributed by atoms with E-state index in [2.05, 4.69) is 507 Å². The van der Waals surface area contributed by atoms with E-state index >= 15 is 0 Å². The molecule has 3 aliphatic carbocycles. The topological polar surface area (TPSA) is 19.0 Å². The number of hydrogen-bond acceptors (Lipinski definition) is 4. The third-order valence-corrected chi connectivity index (χ3v) is 31.1. The molecule has 136 heavy (non-hydrogen) atoms. The molecule has 0 radical (unpaired) electrons. The molecule has 0 N–H and O–H groups in total. The van der Waals surface area contributed by atoms with E-state index in [1.807, 2.05) is 0 Å². The first-order valence-corrected chi connectivity index (χ1v) is 48.8. The molecule has 18 aromatic rings. The summed E-state index contributed by atoms with van der Waals surface area (Å²) in [5, 5.41) is 0. The van der Waals surface area contributed by atoms with Crippen LogP contribution in [0.2, 0.25) is 0 Å². The van der Waals surface area contributed by atoms with Crippen LogP contribution in [0.4, 0.5) is 51.2 Å². The molecule has 0 aromatic heterocycles. The normalized spacial score (nSPS) is 14.5.